The zero-order valence-corrected chi connectivity index (χ0v) is 16.9. The van der Waals surface area contributed by atoms with Gasteiger partial charge in [0.2, 0.25) is 8.32 Å². The van der Waals surface area contributed by atoms with Gasteiger partial charge >= 0.3 is 0 Å². The molecule has 0 rings (SSSR count). The molecule has 0 heterocycles. The van der Waals surface area contributed by atoms with Crippen LogP contribution in [-0.2, 0) is 8.85 Å². The lowest BCUT2D eigenvalue weighted by molar-refractivity contribution is 0.0710. The lowest BCUT2D eigenvalue weighted by Gasteiger charge is -2.46. The number of hydrogen-bond acceptors (Lipinski definition) is 2. The van der Waals surface area contributed by atoms with Crippen molar-refractivity contribution in [3.63, 3.8) is 0 Å². The van der Waals surface area contributed by atoms with Crippen LogP contribution in [-0.4, -0.2) is 27.5 Å². The Hall–Kier alpha value is 0.354. The molecule has 0 fully saturated rings. The molecule has 0 saturated carbocycles. The molecule has 0 amide bonds. The molecule has 0 aromatic carbocycles. The highest BCUT2D eigenvalue weighted by atomic mass is 28.4. The fraction of sp³-hybridized carbons (Fsp3) is 1.00. The van der Waals surface area contributed by atoms with E-state index in [-0.39, 0.29) is 10.8 Å². The van der Waals surface area contributed by atoms with E-state index in [0.29, 0.717) is 0 Å². The Balaban J connectivity index is 4.85. The molecule has 0 aromatic rings. The lowest BCUT2D eigenvalue weighted by Crippen LogP contribution is -2.60. The Morgan fingerprint density at radius 2 is 1.32 bits per heavy atom. The summed E-state index contributed by atoms with van der Waals surface area (Å²) in [6.07, 6.45) is 2.52. The fourth-order valence-electron chi connectivity index (χ4n) is 2.36. The first-order chi connectivity index (χ1) is 8.22. The highest BCUT2D eigenvalue weighted by Gasteiger charge is 2.47. The van der Waals surface area contributed by atoms with Crippen molar-refractivity contribution in [3.8, 4) is 0 Å². The van der Waals surface area contributed by atoms with E-state index in [9.17, 15) is 0 Å². The van der Waals surface area contributed by atoms with Crippen LogP contribution in [0.4, 0.5) is 0 Å². The third kappa shape index (κ3) is 7.07. The van der Waals surface area contributed by atoms with Crippen molar-refractivity contribution in [1.82, 2.24) is 0 Å². The zero-order valence-electron chi connectivity index (χ0n) is 14.9. The maximum Gasteiger partial charge on any atom is 0.216 e. The summed E-state index contributed by atoms with van der Waals surface area (Å²) in [5, 5.41) is -0.135. The average molecular weight is 305 g/mol. The van der Waals surface area contributed by atoms with Crippen molar-refractivity contribution < 1.29 is 8.85 Å². The second-order valence-electron chi connectivity index (χ2n) is 8.20. The van der Waals surface area contributed by atoms with E-state index in [1.807, 2.05) is 0 Å². The van der Waals surface area contributed by atoms with Crippen LogP contribution in [0.5, 0.6) is 0 Å². The van der Waals surface area contributed by atoms with E-state index in [2.05, 4.69) is 67.7 Å². The Morgan fingerprint density at radius 3 is 1.68 bits per heavy atom. The molecule has 0 N–H and O–H groups in total. The van der Waals surface area contributed by atoms with Gasteiger partial charge in [0.15, 0.2) is 8.32 Å². The minimum atomic E-state index is -1.90. The van der Waals surface area contributed by atoms with Crippen molar-refractivity contribution in [1.29, 1.82) is 0 Å². The van der Waals surface area contributed by atoms with Gasteiger partial charge in [0, 0.05) is 5.60 Å². The monoisotopic (exact) mass is 304 g/mol. The normalized spacial score (nSPS) is 14.8. The highest BCUT2D eigenvalue weighted by Crippen LogP contribution is 2.33. The van der Waals surface area contributed by atoms with Gasteiger partial charge < -0.3 is 8.85 Å². The molecule has 0 aliphatic rings. The summed E-state index contributed by atoms with van der Waals surface area (Å²) in [4.78, 5) is 0. The predicted molar refractivity (Wildman–Crippen MR) is 90.7 cm³/mol. The summed E-state index contributed by atoms with van der Waals surface area (Å²) in [6.45, 7) is 22.4. The minimum Gasteiger partial charge on any atom is -0.412 e. The molecule has 0 saturated heterocycles. The molecule has 2 nitrogen and oxygen atoms in total. The van der Waals surface area contributed by atoms with Crippen molar-refractivity contribution in [2.45, 2.75) is 97.4 Å². The van der Waals surface area contributed by atoms with Crippen LogP contribution in [0.2, 0.25) is 32.2 Å². The summed E-state index contributed by atoms with van der Waals surface area (Å²) in [7, 11) is -3.49. The molecule has 0 unspecified atom stereocenters. The second kappa shape index (κ2) is 6.41. The standard InChI is InChI=1S/C15H36O2Si2/c1-11-12-13-18(7,8)17-15(5,6)19(9,10)16-14(2,3)4/h11-13H2,1-10H3. The van der Waals surface area contributed by atoms with E-state index in [4.69, 9.17) is 8.85 Å². The van der Waals surface area contributed by atoms with Crippen LogP contribution in [0, 0.1) is 0 Å². The molecule has 116 valence electrons. The Morgan fingerprint density at radius 1 is 0.842 bits per heavy atom. The molecule has 0 aliphatic carbocycles. The SMILES string of the molecule is CCCC[Si](C)(C)OC(C)(C)[Si](C)(C)OC(C)(C)C. The van der Waals surface area contributed by atoms with Crippen LogP contribution in [0.25, 0.3) is 0 Å². The molecule has 19 heavy (non-hydrogen) atoms. The Kier molecular flexibility index (Phi) is 6.53. The smallest absolute Gasteiger partial charge is 0.216 e. The first-order valence-electron chi connectivity index (χ1n) is 7.63. The summed E-state index contributed by atoms with van der Waals surface area (Å²) < 4.78 is 13.0. The van der Waals surface area contributed by atoms with Gasteiger partial charge in [-0.2, -0.15) is 0 Å². The van der Waals surface area contributed by atoms with E-state index in [1.165, 1.54) is 18.9 Å². The third-order valence-electron chi connectivity index (χ3n) is 3.68. The maximum atomic E-state index is 6.61. The van der Waals surface area contributed by atoms with Crippen molar-refractivity contribution in [2.75, 3.05) is 0 Å². The van der Waals surface area contributed by atoms with Crippen molar-refractivity contribution in [3.05, 3.63) is 0 Å². The molecular weight excluding hydrogens is 268 g/mol. The van der Waals surface area contributed by atoms with E-state index in [1.54, 1.807) is 0 Å². The Labute approximate surface area is 123 Å². The zero-order chi connectivity index (χ0) is 15.5. The molecule has 0 aliphatic heterocycles. The summed E-state index contributed by atoms with van der Waals surface area (Å²) in [5.74, 6) is 0. The second-order valence-corrected chi connectivity index (χ2v) is 16.9. The first-order valence-corrected chi connectivity index (χ1v) is 13.7. The van der Waals surface area contributed by atoms with Crippen LogP contribution >= 0.6 is 0 Å². The van der Waals surface area contributed by atoms with Gasteiger partial charge in [0.25, 0.3) is 0 Å². The first kappa shape index (κ1) is 19.4. The largest absolute Gasteiger partial charge is 0.412 e. The van der Waals surface area contributed by atoms with Gasteiger partial charge in [0.1, 0.15) is 0 Å². The topological polar surface area (TPSA) is 18.5 Å². The number of unbranched alkanes of at least 4 members (excludes halogenated alkanes) is 1. The van der Waals surface area contributed by atoms with Crippen LogP contribution < -0.4 is 0 Å². The predicted octanol–water partition coefficient (Wildman–Crippen LogP) is 5.35. The van der Waals surface area contributed by atoms with E-state index >= 15 is 0 Å². The maximum absolute atomic E-state index is 6.61. The number of rotatable bonds is 7. The molecule has 4 heteroatoms. The lowest BCUT2D eigenvalue weighted by atomic mass is 10.2. The summed E-state index contributed by atoms with van der Waals surface area (Å²) >= 11 is 0. The van der Waals surface area contributed by atoms with Crippen LogP contribution in [0.1, 0.15) is 54.4 Å². The van der Waals surface area contributed by atoms with Gasteiger partial charge in [-0.05, 0) is 66.9 Å². The van der Waals surface area contributed by atoms with Crippen LogP contribution in [0.15, 0.2) is 0 Å². The molecule has 0 spiro atoms. The van der Waals surface area contributed by atoms with Crippen LogP contribution in [0.3, 0.4) is 0 Å². The molecule has 0 aromatic heterocycles. The van der Waals surface area contributed by atoms with E-state index in [0.717, 1.165) is 0 Å². The Bertz CT molecular complexity index is 278. The van der Waals surface area contributed by atoms with Crippen molar-refractivity contribution >= 4 is 16.6 Å². The fourth-order valence-corrected chi connectivity index (χ4v) is 8.63. The van der Waals surface area contributed by atoms with Gasteiger partial charge in [-0.1, -0.05) is 19.8 Å². The molecule has 0 bridgehead atoms. The van der Waals surface area contributed by atoms with Gasteiger partial charge in [-0.15, -0.1) is 0 Å². The van der Waals surface area contributed by atoms with Gasteiger partial charge in [0.05, 0.1) is 5.22 Å². The molecular formula is C15H36O2Si2. The average Bonchev–Trinajstić information content (AvgIpc) is 2.08. The molecule has 0 atom stereocenters. The summed E-state index contributed by atoms with van der Waals surface area (Å²) in [6, 6.07) is 1.24. The molecule has 0 radical (unpaired) electrons. The number of hydrogen-bond donors (Lipinski definition) is 0. The summed E-state index contributed by atoms with van der Waals surface area (Å²) in [5.41, 5.74) is -0.0918. The third-order valence-corrected chi connectivity index (χ3v) is 10.6. The quantitative estimate of drug-likeness (QED) is 0.591. The minimum absolute atomic E-state index is 0.0918. The van der Waals surface area contributed by atoms with Gasteiger partial charge in [-0.25, -0.2) is 0 Å². The van der Waals surface area contributed by atoms with E-state index < -0.39 is 16.6 Å². The highest BCUT2D eigenvalue weighted by molar-refractivity contribution is 6.77. The van der Waals surface area contributed by atoms with Crippen molar-refractivity contribution in [2.24, 2.45) is 0 Å². The van der Waals surface area contributed by atoms with Gasteiger partial charge in [-0.3, -0.25) is 0 Å².